The molecule has 0 fully saturated rings. The highest BCUT2D eigenvalue weighted by atomic mass is 79.9. The van der Waals surface area contributed by atoms with Gasteiger partial charge in [0, 0.05) is 12.4 Å². The number of nitrogens with two attached hydrogens (primary N) is 1. The van der Waals surface area contributed by atoms with E-state index in [2.05, 4.69) is 31.0 Å². The van der Waals surface area contributed by atoms with Gasteiger partial charge in [0.15, 0.2) is 5.82 Å². The number of rotatable bonds is 1. The van der Waals surface area contributed by atoms with Crippen LogP contribution in [0.5, 0.6) is 0 Å². The van der Waals surface area contributed by atoms with Crippen LogP contribution in [0.25, 0.3) is 5.82 Å². The minimum Gasteiger partial charge on any atom is -0.368 e. The van der Waals surface area contributed by atoms with E-state index in [1.165, 1.54) is 0 Å². The first-order valence-corrected chi connectivity index (χ1v) is 4.76. The molecule has 0 spiro atoms. The van der Waals surface area contributed by atoms with Gasteiger partial charge in [-0.25, -0.2) is 9.67 Å². The van der Waals surface area contributed by atoms with Crippen LogP contribution in [0.15, 0.2) is 23.1 Å². The van der Waals surface area contributed by atoms with Crippen molar-refractivity contribution >= 4 is 21.9 Å². The number of anilines is 1. The van der Waals surface area contributed by atoms with Crippen molar-refractivity contribution in [2.24, 2.45) is 0 Å². The molecule has 0 aromatic carbocycles. The van der Waals surface area contributed by atoms with Crippen LogP contribution in [0.3, 0.4) is 0 Å². The molecule has 0 saturated heterocycles. The van der Waals surface area contributed by atoms with Crippen LogP contribution in [0.1, 0.15) is 5.56 Å². The third-order valence-corrected chi connectivity index (χ3v) is 2.23. The topological polar surface area (TPSA) is 69.6 Å². The van der Waals surface area contributed by atoms with Gasteiger partial charge in [-0.05, 0) is 28.4 Å². The summed E-state index contributed by atoms with van der Waals surface area (Å²) >= 11 is 3.34. The van der Waals surface area contributed by atoms with E-state index in [1.54, 1.807) is 17.1 Å². The quantitative estimate of drug-likeness (QED) is 0.833. The average Bonchev–Trinajstić information content (AvgIpc) is 2.56. The number of hydrogen-bond donors (Lipinski definition) is 1. The van der Waals surface area contributed by atoms with E-state index in [9.17, 15) is 0 Å². The Balaban J connectivity index is 2.55. The van der Waals surface area contributed by atoms with Crippen LogP contribution >= 0.6 is 15.9 Å². The SMILES string of the molecule is Cc1cnn(-c2nc(N)ncc2Br)c1. The molecule has 0 atom stereocenters. The maximum Gasteiger partial charge on any atom is 0.222 e. The number of aryl methyl sites for hydroxylation is 1. The van der Waals surface area contributed by atoms with Gasteiger partial charge in [-0.3, -0.25) is 0 Å². The summed E-state index contributed by atoms with van der Waals surface area (Å²) in [5.41, 5.74) is 6.55. The largest absolute Gasteiger partial charge is 0.368 e. The van der Waals surface area contributed by atoms with Gasteiger partial charge in [-0.15, -0.1) is 0 Å². The van der Waals surface area contributed by atoms with Crippen molar-refractivity contribution in [2.75, 3.05) is 5.73 Å². The molecule has 2 aromatic rings. The van der Waals surface area contributed by atoms with Crippen LogP contribution < -0.4 is 5.73 Å². The molecule has 5 nitrogen and oxygen atoms in total. The highest BCUT2D eigenvalue weighted by molar-refractivity contribution is 9.10. The van der Waals surface area contributed by atoms with Crippen molar-refractivity contribution in [1.29, 1.82) is 0 Å². The highest BCUT2D eigenvalue weighted by Gasteiger charge is 2.06. The lowest BCUT2D eigenvalue weighted by Crippen LogP contribution is -2.03. The summed E-state index contributed by atoms with van der Waals surface area (Å²) in [6.07, 6.45) is 5.23. The highest BCUT2D eigenvalue weighted by Crippen LogP contribution is 2.17. The Morgan fingerprint density at radius 1 is 1.43 bits per heavy atom. The Morgan fingerprint density at radius 3 is 2.86 bits per heavy atom. The summed E-state index contributed by atoms with van der Waals surface area (Å²) in [5.74, 6) is 0.877. The summed E-state index contributed by atoms with van der Waals surface area (Å²) in [7, 11) is 0. The molecule has 2 N–H and O–H groups in total. The molecule has 2 aromatic heterocycles. The minimum atomic E-state index is 0.233. The maximum absolute atomic E-state index is 5.49. The number of aromatic nitrogens is 4. The first kappa shape index (κ1) is 9.14. The fourth-order valence-electron chi connectivity index (χ4n) is 1.06. The van der Waals surface area contributed by atoms with E-state index in [0.29, 0.717) is 5.82 Å². The lowest BCUT2D eigenvalue weighted by molar-refractivity contribution is 0.836. The monoisotopic (exact) mass is 253 g/mol. The number of halogens is 1. The van der Waals surface area contributed by atoms with Crippen molar-refractivity contribution in [3.05, 3.63) is 28.6 Å². The second kappa shape index (κ2) is 3.38. The second-order valence-corrected chi connectivity index (χ2v) is 3.72. The van der Waals surface area contributed by atoms with Crippen molar-refractivity contribution in [3.63, 3.8) is 0 Å². The van der Waals surface area contributed by atoms with E-state index >= 15 is 0 Å². The molecule has 0 radical (unpaired) electrons. The molecule has 14 heavy (non-hydrogen) atoms. The zero-order valence-electron chi connectivity index (χ0n) is 7.48. The Hall–Kier alpha value is -1.43. The zero-order valence-corrected chi connectivity index (χ0v) is 9.06. The van der Waals surface area contributed by atoms with Crippen LogP contribution in [-0.2, 0) is 0 Å². The lowest BCUT2D eigenvalue weighted by atomic mass is 10.4. The number of nitrogen functional groups attached to an aromatic ring is 1. The van der Waals surface area contributed by atoms with Gasteiger partial charge in [0.1, 0.15) is 0 Å². The van der Waals surface area contributed by atoms with Crippen molar-refractivity contribution in [3.8, 4) is 5.82 Å². The van der Waals surface area contributed by atoms with Crippen LogP contribution in [0, 0.1) is 6.92 Å². The minimum absolute atomic E-state index is 0.233. The summed E-state index contributed by atoms with van der Waals surface area (Å²) in [6.45, 7) is 1.96. The molecule has 2 heterocycles. The molecule has 0 aliphatic rings. The fourth-order valence-corrected chi connectivity index (χ4v) is 1.43. The first-order valence-electron chi connectivity index (χ1n) is 3.96. The number of hydrogen-bond acceptors (Lipinski definition) is 4. The number of nitrogens with zero attached hydrogens (tertiary/aromatic N) is 4. The maximum atomic E-state index is 5.49. The van der Waals surface area contributed by atoms with Gasteiger partial charge in [0.25, 0.3) is 0 Å². The normalized spacial score (nSPS) is 10.4. The third kappa shape index (κ3) is 1.60. The van der Waals surface area contributed by atoms with E-state index in [4.69, 9.17) is 5.73 Å². The van der Waals surface area contributed by atoms with Crippen LogP contribution in [0.2, 0.25) is 0 Å². The molecule has 0 saturated carbocycles. The summed E-state index contributed by atoms with van der Waals surface area (Å²) in [4.78, 5) is 7.93. The smallest absolute Gasteiger partial charge is 0.222 e. The van der Waals surface area contributed by atoms with Gasteiger partial charge in [0.2, 0.25) is 5.95 Å². The molecular formula is C8H8BrN5. The van der Waals surface area contributed by atoms with E-state index in [0.717, 1.165) is 10.0 Å². The summed E-state index contributed by atoms with van der Waals surface area (Å²) in [6, 6.07) is 0. The Bertz CT molecular complexity index is 465. The molecule has 2 rings (SSSR count). The van der Waals surface area contributed by atoms with Crippen LogP contribution in [-0.4, -0.2) is 19.7 Å². The summed E-state index contributed by atoms with van der Waals surface area (Å²) < 4.78 is 2.41. The molecule has 6 heteroatoms. The first-order chi connectivity index (χ1) is 6.66. The molecule has 72 valence electrons. The molecule has 0 bridgehead atoms. The second-order valence-electron chi connectivity index (χ2n) is 2.86. The van der Waals surface area contributed by atoms with E-state index < -0.39 is 0 Å². The van der Waals surface area contributed by atoms with Crippen molar-refractivity contribution < 1.29 is 0 Å². The van der Waals surface area contributed by atoms with E-state index in [1.807, 2.05) is 13.1 Å². The zero-order chi connectivity index (χ0) is 10.1. The lowest BCUT2D eigenvalue weighted by Gasteiger charge is -2.02. The van der Waals surface area contributed by atoms with Gasteiger partial charge < -0.3 is 5.73 Å². The van der Waals surface area contributed by atoms with Crippen molar-refractivity contribution in [1.82, 2.24) is 19.7 Å². The molecule has 0 unspecified atom stereocenters. The summed E-state index contributed by atoms with van der Waals surface area (Å²) in [5, 5.41) is 4.13. The van der Waals surface area contributed by atoms with E-state index in [-0.39, 0.29) is 5.95 Å². The third-order valence-electron chi connectivity index (χ3n) is 1.67. The molecule has 0 amide bonds. The van der Waals surface area contributed by atoms with Crippen molar-refractivity contribution in [2.45, 2.75) is 6.92 Å². The standard InChI is InChI=1S/C8H8BrN5/c1-5-2-12-14(4-5)7-6(9)3-11-8(10)13-7/h2-4H,1H3,(H2,10,11,13). The Morgan fingerprint density at radius 2 is 2.21 bits per heavy atom. The predicted molar refractivity (Wildman–Crippen MR) is 56.0 cm³/mol. The van der Waals surface area contributed by atoms with Gasteiger partial charge >= 0.3 is 0 Å². The molecular weight excluding hydrogens is 246 g/mol. The van der Waals surface area contributed by atoms with Gasteiger partial charge in [-0.1, -0.05) is 0 Å². The molecule has 0 aliphatic heterocycles. The average molecular weight is 254 g/mol. The fraction of sp³-hybridized carbons (Fsp3) is 0.125. The Labute approximate surface area is 89.1 Å². The Kier molecular flexibility index (Phi) is 2.20. The van der Waals surface area contributed by atoms with Gasteiger partial charge in [-0.2, -0.15) is 10.1 Å². The van der Waals surface area contributed by atoms with Gasteiger partial charge in [0.05, 0.1) is 10.7 Å². The van der Waals surface area contributed by atoms with Crippen LogP contribution in [0.4, 0.5) is 5.95 Å². The predicted octanol–water partition coefficient (Wildman–Crippen LogP) is 1.32. The molecule has 0 aliphatic carbocycles.